The Labute approximate surface area is 172 Å². The Kier molecular flexibility index (Phi) is 7.11. The minimum Gasteiger partial charge on any atom is -0.379 e. The predicted molar refractivity (Wildman–Crippen MR) is 114 cm³/mol. The molecule has 1 atom stereocenters. The molecule has 1 aliphatic heterocycles. The second-order valence-corrected chi connectivity index (χ2v) is 8.38. The molecule has 0 saturated carbocycles. The van der Waals surface area contributed by atoms with E-state index in [-0.39, 0.29) is 17.4 Å². The maximum atomic E-state index is 12.7. The molecule has 5 heteroatoms. The molecule has 4 nitrogen and oxygen atoms in total. The molecule has 0 aromatic heterocycles. The van der Waals surface area contributed by atoms with Gasteiger partial charge in [-0.05, 0) is 28.7 Å². The molecule has 3 rings (SSSR count). The van der Waals surface area contributed by atoms with Gasteiger partial charge in [-0.2, -0.15) is 0 Å². The van der Waals surface area contributed by atoms with E-state index in [9.17, 15) is 4.79 Å². The summed E-state index contributed by atoms with van der Waals surface area (Å²) < 4.78 is 5.50. The number of rotatable bonds is 7. The van der Waals surface area contributed by atoms with E-state index in [2.05, 4.69) is 36.2 Å². The number of hydrogen-bond acceptors (Lipinski definition) is 3. The van der Waals surface area contributed by atoms with E-state index >= 15 is 0 Å². The van der Waals surface area contributed by atoms with Crippen molar-refractivity contribution in [1.82, 2.24) is 10.2 Å². The topological polar surface area (TPSA) is 41.6 Å². The van der Waals surface area contributed by atoms with Crippen LogP contribution in [-0.4, -0.2) is 43.7 Å². The molecule has 1 saturated heterocycles. The number of benzene rings is 2. The van der Waals surface area contributed by atoms with E-state index in [1.165, 1.54) is 5.56 Å². The zero-order valence-corrected chi connectivity index (χ0v) is 17.4. The minimum atomic E-state index is -0.208. The third-order valence-corrected chi connectivity index (χ3v) is 5.64. The summed E-state index contributed by atoms with van der Waals surface area (Å²) in [7, 11) is 0. The molecular weight excluding hydrogens is 372 g/mol. The molecule has 0 spiro atoms. The van der Waals surface area contributed by atoms with Gasteiger partial charge in [-0.1, -0.05) is 67.9 Å². The van der Waals surface area contributed by atoms with Crippen LogP contribution in [-0.2, 0) is 14.9 Å². The van der Waals surface area contributed by atoms with Crippen LogP contribution in [0.5, 0.6) is 0 Å². The van der Waals surface area contributed by atoms with Crippen molar-refractivity contribution in [3.8, 4) is 0 Å². The van der Waals surface area contributed by atoms with Crippen molar-refractivity contribution in [2.24, 2.45) is 0 Å². The highest BCUT2D eigenvalue weighted by atomic mass is 35.5. The van der Waals surface area contributed by atoms with Gasteiger partial charge in [0.15, 0.2) is 0 Å². The predicted octanol–water partition coefficient (Wildman–Crippen LogP) is 4.20. The van der Waals surface area contributed by atoms with Crippen molar-refractivity contribution in [3.63, 3.8) is 0 Å². The Bertz CT molecular complexity index is 756. The van der Waals surface area contributed by atoms with Crippen molar-refractivity contribution in [3.05, 3.63) is 70.7 Å². The third kappa shape index (κ3) is 5.57. The lowest BCUT2D eigenvalue weighted by Crippen LogP contribution is -2.44. The zero-order chi connectivity index (χ0) is 20.0. The van der Waals surface area contributed by atoms with Crippen molar-refractivity contribution in [1.29, 1.82) is 0 Å². The van der Waals surface area contributed by atoms with Gasteiger partial charge in [0.05, 0.1) is 19.3 Å². The number of ether oxygens (including phenoxy) is 1. The molecule has 1 unspecified atom stereocenters. The standard InChI is InChI=1S/C23H29ClN2O2/c1-23(2,19-6-4-3-5-7-19)16-22(27)25-17-21(26-12-14-28-15-13-26)18-8-10-20(24)11-9-18/h3-11,21H,12-17H2,1-2H3,(H,25,27). The average Bonchev–Trinajstić information content (AvgIpc) is 2.70. The molecule has 1 N–H and O–H groups in total. The van der Waals surface area contributed by atoms with Crippen LogP contribution in [0.15, 0.2) is 54.6 Å². The molecule has 1 aliphatic rings. The Hall–Kier alpha value is -1.88. The number of amides is 1. The van der Waals surface area contributed by atoms with Gasteiger partial charge < -0.3 is 10.1 Å². The van der Waals surface area contributed by atoms with E-state index in [0.29, 0.717) is 13.0 Å². The van der Waals surface area contributed by atoms with Crippen LogP contribution in [0.1, 0.15) is 37.4 Å². The molecule has 28 heavy (non-hydrogen) atoms. The Morgan fingerprint density at radius 1 is 1.11 bits per heavy atom. The van der Waals surface area contributed by atoms with Crippen LogP contribution < -0.4 is 5.32 Å². The summed E-state index contributed by atoms with van der Waals surface area (Å²) in [6.45, 7) is 7.96. The van der Waals surface area contributed by atoms with Gasteiger partial charge in [0.25, 0.3) is 0 Å². The quantitative estimate of drug-likeness (QED) is 0.757. The maximum absolute atomic E-state index is 12.7. The van der Waals surface area contributed by atoms with Crippen molar-refractivity contribution in [2.45, 2.75) is 31.7 Å². The lowest BCUT2D eigenvalue weighted by atomic mass is 9.81. The molecule has 2 aromatic carbocycles. The molecule has 2 aromatic rings. The fourth-order valence-corrected chi connectivity index (χ4v) is 3.82. The van der Waals surface area contributed by atoms with Gasteiger partial charge in [-0.3, -0.25) is 9.69 Å². The number of hydrogen-bond donors (Lipinski definition) is 1. The van der Waals surface area contributed by atoms with Gasteiger partial charge in [0.2, 0.25) is 5.91 Å². The van der Waals surface area contributed by atoms with E-state index < -0.39 is 0 Å². The second-order valence-electron chi connectivity index (χ2n) is 7.95. The first kappa shape index (κ1) is 20.8. The van der Waals surface area contributed by atoms with Crippen LogP contribution in [0, 0.1) is 0 Å². The number of halogens is 1. The first-order valence-electron chi connectivity index (χ1n) is 9.85. The monoisotopic (exact) mass is 400 g/mol. The van der Waals surface area contributed by atoms with E-state index in [4.69, 9.17) is 16.3 Å². The Morgan fingerprint density at radius 3 is 2.39 bits per heavy atom. The largest absolute Gasteiger partial charge is 0.379 e. The van der Waals surface area contributed by atoms with E-state index in [0.717, 1.165) is 36.9 Å². The summed E-state index contributed by atoms with van der Waals surface area (Å²) in [6.07, 6.45) is 0.452. The van der Waals surface area contributed by atoms with Crippen molar-refractivity contribution < 1.29 is 9.53 Å². The summed E-state index contributed by atoms with van der Waals surface area (Å²) >= 11 is 6.06. The number of carbonyl (C=O) groups is 1. The number of carbonyl (C=O) groups excluding carboxylic acids is 1. The first-order valence-corrected chi connectivity index (χ1v) is 10.2. The molecule has 0 aliphatic carbocycles. The molecule has 1 heterocycles. The average molecular weight is 401 g/mol. The zero-order valence-electron chi connectivity index (χ0n) is 16.7. The van der Waals surface area contributed by atoms with E-state index in [1.54, 1.807) is 0 Å². The highest BCUT2D eigenvalue weighted by Crippen LogP contribution is 2.27. The number of morpholine rings is 1. The first-order chi connectivity index (χ1) is 13.5. The fraction of sp³-hybridized carbons (Fsp3) is 0.435. The summed E-state index contributed by atoms with van der Waals surface area (Å²) in [5.41, 5.74) is 2.13. The number of nitrogens with one attached hydrogen (secondary N) is 1. The number of nitrogens with zero attached hydrogens (tertiary/aromatic N) is 1. The van der Waals surface area contributed by atoms with Gasteiger partial charge >= 0.3 is 0 Å². The molecule has 1 fully saturated rings. The summed E-state index contributed by atoms with van der Waals surface area (Å²) in [5.74, 6) is 0.0704. The van der Waals surface area contributed by atoms with Crippen LogP contribution in [0.4, 0.5) is 0 Å². The summed E-state index contributed by atoms with van der Waals surface area (Å²) in [4.78, 5) is 15.1. The van der Waals surface area contributed by atoms with Gasteiger partial charge in [-0.15, -0.1) is 0 Å². The van der Waals surface area contributed by atoms with Crippen LogP contribution in [0.2, 0.25) is 5.02 Å². The highest BCUT2D eigenvalue weighted by molar-refractivity contribution is 6.30. The molecule has 1 amide bonds. The van der Waals surface area contributed by atoms with E-state index in [1.807, 2.05) is 42.5 Å². The maximum Gasteiger partial charge on any atom is 0.220 e. The van der Waals surface area contributed by atoms with Crippen LogP contribution in [0.25, 0.3) is 0 Å². The van der Waals surface area contributed by atoms with Crippen LogP contribution in [0.3, 0.4) is 0 Å². The van der Waals surface area contributed by atoms with Gasteiger partial charge in [0, 0.05) is 31.1 Å². The summed E-state index contributed by atoms with van der Waals surface area (Å²) in [5, 5.41) is 3.89. The van der Waals surface area contributed by atoms with Gasteiger partial charge in [0.1, 0.15) is 0 Å². The second kappa shape index (κ2) is 9.55. The third-order valence-electron chi connectivity index (χ3n) is 5.39. The Balaban J connectivity index is 1.65. The molecule has 150 valence electrons. The minimum absolute atomic E-state index is 0.0704. The molecule has 0 bridgehead atoms. The fourth-order valence-electron chi connectivity index (χ4n) is 3.70. The SMILES string of the molecule is CC(C)(CC(=O)NCC(c1ccc(Cl)cc1)N1CCOCC1)c1ccccc1. The normalized spacial score (nSPS) is 16.5. The van der Waals surface area contributed by atoms with Crippen molar-refractivity contribution >= 4 is 17.5 Å². The molecular formula is C23H29ClN2O2. The van der Waals surface area contributed by atoms with Crippen molar-refractivity contribution in [2.75, 3.05) is 32.8 Å². The lowest BCUT2D eigenvalue weighted by molar-refractivity contribution is -0.122. The smallest absolute Gasteiger partial charge is 0.220 e. The highest BCUT2D eigenvalue weighted by Gasteiger charge is 2.26. The van der Waals surface area contributed by atoms with Crippen LogP contribution >= 0.6 is 11.6 Å². The van der Waals surface area contributed by atoms with Gasteiger partial charge in [-0.25, -0.2) is 0 Å². The molecule has 0 radical (unpaired) electrons. The summed E-state index contributed by atoms with van der Waals surface area (Å²) in [6, 6.07) is 18.2. The Morgan fingerprint density at radius 2 is 1.75 bits per heavy atom. The lowest BCUT2D eigenvalue weighted by Gasteiger charge is -2.35.